The van der Waals surface area contributed by atoms with Crippen LogP contribution in [-0.2, 0) is 22.6 Å². The van der Waals surface area contributed by atoms with Crippen LogP contribution in [0, 0.1) is 0 Å². The minimum atomic E-state index is -0.150. The molecule has 3 rings (SSSR count). The second-order valence-electron chi connectivity index (χ2n) is 7.80. The van der Waals surface area contributed by atoms with Crippen molar-refractivity contribution in [2.24, 2.45) is 0 Å². The summed E-state index contributed by atoms with van der Waals surface area (Å²) in [5, 5.41) is 4.05. The molecule has 0 bridgehead atoms. The number of halogens is 3. The Bertz CT molecular complexity index is 879. The van der Waals surface area contributed by atoms with Gasteiger partial charge in [0.25, 0.3) is 5.91 Å². The first-order chi connectivity index (χ1) is 13.8. The molecule has 30 heavy (non-hydrogen) atoms. The minimum absolute atomic E-state index is 0. The highest BCUT2D eigenvalue weighted by Crippen LogP contribution is 2.21. The van der Waals surface area contributed by atoms with Crippen molar-refractivity contribution in [2.45, 2.75) is 13.0 Å². The zero-order valence-electron chi connectivity index (χ0n) is 16.9. The average Bonchev–Trinajstić information content (AvgIpc) is 2.66. The summed E-state index contributed by atoms with van der Waals surface area (Å²) in [7, 11) is 2.10. The molecule has 2 aromatic carbocycles. The third-order valence-corrected chi connectivity index (χ3v) is 5.84. The molecule has 5 nitrogen and oxygen atoms in total. The average molecular weight is 471 g/mol. The molecule has 0 spiro atoms. The van der Waals surface area contributed by atoms with Gasteiger partial charge < -0.3 is 27.1 Å². The first-order valence-electron chi connectivity index (χ1n) is 9.70. The third kappa shape index (κ3) is 6.88. The highest BCUT2D eigenvalue weighted by molar-refractivity contribution is 6.35. The zero-order chi connectivity index (χ0) is 20.9. The Morgan fingerprint density at radius 2 is 1.90 bits per heavy atom. The summed E-state index contributed by atoms with van der Waals surface area (Å²) in [5.74, 6) is -0.131. The molecule has 1 saturated heterocycles. The van der Waals surface area contributed by atoms with Gasteiger partial charge in [-0.25, -0.2) is 0 Å². The molecule has 8 heteroatoms. The molecular weight excluding hydrogens is 445 g/mol. The van der Waals surface area contributed by atoms with Crippen molar-refractivity contribution in [3.05, 3.63) is 69.7 Å². The largest absolute Gasteiger partial charge is 1.00 e. The summed E-state index contributed by atoms with van der Waals surface area (Å²) in [4.78, 5) is 26.5. The Morgan fingerprint density at radius 3 is 2.57 bits per heavy atom. The predicted octanol–water partition coefficient (Wildman–Crippen LogP) is 0.145. The minimum Gasteiger partial charge on any atom is -1.00 e. The smallest absolute Gasteiger partial charge is 0.278 e. The fourth-order valence-electron chi connectivity index (χ4n) is 3.61. The number of carbonyl (C=O) groups excluding carboxylic acids is 2. The molecule has 1 unspecified atom stereocenters. The van der Waals surface area contributed by atoms with Crippen molar-refractivity contribution >= 4 is 35.0 Å². The number of quaternary nitrogens is 1. The predicted molar refractivity (Wildman–Crippen MR) is 116 cm³/mol. The quantitative estimate of drug-likeness (QED) is 0.586. The van der Waals surface area contributed by atoms with E-state index in [1.165, 1.54) is 5.56 Å². The van der Waals surface area contributed by atoms with E-state index in [1.54, 1.807) is 17.0 Å². The van der Waals surface area contributed by atoms with Gasteiger partial charge in [-0.1, -0.05) is 59.6 Å². The SMILES string of the molecule is C[N+]1(Cc2ccccc2)CCN(CC(=O)NCCc2ccc(Cl)cc2Cl)C(=O)C1.[Cl-]. The van der Waals surface area contributed by atoms with Crippen LogP contribution < -0.4 is 17.7 Å². The Balaban J connectivity index is 0.00000320. The molecule has 0 radical (unpaired) electrons. The van der Waals surface area contributed by atoms with Gasteiger partial charge in [0, 0.05) is 22.2 Å². The molecule has 1 atom stereocenters. The monoisotopic (exact) mass is 469 g/mol. The van der Waals surface area contributed by atoms with E-state index in [1.807, 2.05) is 24.3 Å². The van der Waals surface area contributed by atoms with Crippen molar-refractivity contribution in [1.82, 2.24) is 10.2 Å². The van der Waals surface area contributed by atoms with E-state index in [2.05, 4.69) is 24.5 Å². The third-order valence-electron chi connectivity index (χ3n) is 5.25. The number of rotatable bonds is 7. The van der Waals surface area contributed by atoms with Crippen LogP contribution in [0.25, 0.3) is 0 Å². The number of likely N-dealkylation sites (N-methyl/N-ethyl adjacent to an activating group) is 1. The molecule has 0 saturated carbocycles. The normalized spacial score (nSPS) is 18.6. The number of hydrogen-bond donors (Lipinski definition) is 1. The number of benzene rings is 2. The zero-order valence-corrected chi connectivity index (χ0v) is 19.2. The summed E-state index contributed by atoms with van der Waals surface area (Å²) in [6.07, 6.45) is 0.613. The summed E-state index contributed by atoms with van der Waals surface area (Å²) < 4.78 is 0.663. The van der Waals surface area contributed by atoms with E-state index >= 15 is 0 Å². The van der Waals surface area contributed by atoms with Gasteiger partial charge in [-0.15, -0.1) is 0 Å². The second-order valence-corrected chi connectivity index (χ2v) is 8.64. The standard InChI is InChI=1S/C22H25Cl2N3O2.ClH/c1-27(15-17-5-3-2-4-6-17)12-11-26(22(29)16-27)14-21(28)25-10-9-18-7-8-19(23)13-20(18)24;/h2-8,13H,9-12,14-16H2,1H3;1H. The Hall–Kier alpha value is -1.79. The lowest BCUT2D eigenvalue weighted by Crippen LogP contribution is -3.00. The Labute approximate surface area is 193 Å². The number of nitrogens with one attached hydrogen (secondary N) is 1. The van der Waals surface area contributed by atoms with Crippen LogP contribution in [0.3, 0.4) is 0 Å². The van der Waals surface area contributed by atoms with E-state index in [0.29, 0.717) is 40.6 Å². The second kappa shape index (κ2) is 11.0. The number of carbonyl (C=O) groups is 2. The summed E-state index contributed by atoms with van der Waals surface area (Å²) in [5.41, 5.74) is 2.15. The van der Waals surface area contributed by atoms with E-state index < -0.39 is 0 Å². The van der Waals surface area contributed by atoms with Crippen LogP contribution in [0.2, 0.25) is 10.0 Å². The molecule has 0 aromatic heterocycles. The molecule has 1 aliphatic heterocycles. The topological polar surface area (TPSA) is 49.4 Å². The van der Waals surface area contributed by atoms with Crippen molar-refractivity contribution in [3.8, 4) is 0 Å². The lowest BCUT2D eigenvalue weighted by atomic mass is 10.1. The van der Waals surface area contributed by atoms with Crippen LogP contribution in [-0.4, -0.2) is 61.0 Å². The van der Waals surface area contributed by atoms with E-state index in [4.69, 9.17) is 23.2 Å². The fourth-order valence-corrected chi connectivity index (χ4v) is 4.11. The van der Waals surface area contributed by atoms with Crippen LogP contribution in [0.15, 0.2) is 48.5 Å². The Morgan fingerprint density at radius 1 is 1.17 bits per heavy atom. The van der Waals surface area contributed by atoms with Gasteiger partial charge >= 0.3 is 0 Å². The van der Waals surface area contributed by atoms with Gasteiger partial charge in [-0.3, -0.25) is 9.59 Å². The van der Waals surface area contributed by atoms with Crippen LogP contribution in [0.5, 0.6) is 0 Å². The van der Waals surface area contributed by atoms with Crippen molar-refractivity contribution in [1.29, 1.82) is 0 Å². The molecule has 2 amide bonds. The van der Waals surface area contributed by atoms with Crippen LogP contribution in [0.1, 0.15) is 11.1 Å². The summed E-state index contributed by atoms with van der Waals surface area (Å²) in [6.45, 7) is 3.19. The molecule has 1 heterocycles. The van der Waals surface area contributed by atoms with Crippen molar-refractivity contribution in [3.63, 3.8) is 0 Å². The number of hydrogen-bond acceptors (Lipinski definition) is 2. The maximum absolute atomic E-state index is 12.6. The van der Waals surface area contributed by atoms with E-state index in [-0.39, 0.29) is 30.8 Å². The van der Waals surface area contributed by atoms with Crippen LogP contribution >= 0.6 is 23.2 Å². The molecule has 162 valence electrons. The molecule has 2 aromatic rings. The molecule has 1 aliphatic rings. The highest BCUT2D eigenvalue weighted by atomic mass is 35.5. The lowest BCUT2D eigenvalue weighted by Gasteiger charge is -2.41. The van der Waals surface area contributed by atoms with Gasteiger partial charge in [0.15, 0.2) is 6.54 Å². The van der Waals surface area contributed by atoms with Crippen molar-refractivity contribution in [2.75, 3.05) is 39.8 Å². The first-order valence-corrected chi connectivity index (χ1v) is 10.5. The van der Waals surface area contributed by atoms with Gasteiger partial charge in [0.1, 0.15) is 6.54 Å². The van der Waals surface area contributed by atoms with Gasteiger partial charge in [-0.05, 0) is 24.1 Å². The fraction of sp³-hybridized carbons (Fsp3) is 0.364. The van der Waals surface area contributed by atoms with Gasteiger partial charge in [0.2, 0.25) is 5.91 Å². The van der Waals surface area contributed by atoms with Gasteiger partial charge in [0.05, 0.1) is 26.7 Å². The number of amides is 2. The summed E-state index contributed by atoms with van der Waals surface area (Å²) >= 11 is 12.0. The molecule has 1 fully saturated rings. The molecular formula is C22H26Cl3N3O2. The summed E-state index contributed by atoms with van der Waals surface area (Å²) in [6, 6.07) is 15.5. The van der Waals surface area contributed by atoms with Crippen molar-refractivity contribution < 1.29 is 26.5 Å². The first kappa shape index (κ1) is 24.5. The van der Waals surface area contributed by atoms with Crippen LogP contribution in [0.4, 0.5) is 0 Å². The Kier molecular flexibility index (Phi) is 8.98. The number of nitrogens with zero attached hydrogens (tertiary/aromatic N) is 2. The van der Waals surface area contributed by atoms with Gasteiger partial charge in [-0.2, -0.15) is 0 Å². The molecule has 1 N–H and O–H groups in total. The molecule has 0 aliphatic carbocycles. The highest BCUT2D eigenvalue weighted by Gasteiger charge is 2.35. The maximum Gasteiger partial charge on any atom is 0.278 e. The number of piperazine rings is 1. The van der Waals surface area contributed by atoms with E-state index in [0.717, 1.165) is 18.7 Å². The lowest BCUT2D eigenvalue weighted by molar-refractivity contribution is -0.917. The van der Waals surface area contributed by atoms with E-state index in [9.17, 15) is 9.59 Å². The maximum atomic E-state index is 12.6.